The van der Waals surface area contributed by atoms with Crippen molar-refractivity contribution in [3.8, 4) is 0 Å². The molecular formula is C15H16ClF4IN4S. The second-order valence-electron chi connectivity index (χ2n) is 4.93. The van der Waals surface area contributed by atoms with Gasteiger partial charge in [0, 0.05) is 29.6 Å². The zero-order valence-electron chi connectivity index (χ0n) is 13.5. The lowest BCUT2D eigenvalue weighted by molar-refractivity contribution is -0.140. The van der Waals surface area contributed by atoms with Crippen molar-refractivity contribution in [3.05, 3.63) is 50.7 Å². The molecule has 26 heavy (non-hydrogen) atoms. The van der Waals surface area contributed by atoms with Crippen molar-refractivity contribution in [2.45, 2.75) is 19.1 Å². The first-order valence-electron chi connectivity index (χ1n) is 7.20. The highest BCUT2D eigenvalue weighted by Crippen LogP contribution is 2.29. The van der Waals surface area contributed by atoms with Gasteiger partial charge in [0.25, 0.3) is 0 Å². The van der Waals surface area contributed by atoms with Crippen LogP contribution < -0.4 is 10.6 Å². The number of halogens is 6. The van der Waals surface area contributed by atoms with Gasteiger partial charge >= 0.3 is 6.18 Å². The van der Waals surface area contributed by atoms with E-state index in [0.29, 0.717) is 29.5 Å². The van der Waals surface area contributed by atoms with Gasteiger partial charge in [-0.25, -0.2) is 9.37 Å². The molecule has 11 heteroatoms. The summed E-state index contributed by atoms with van der Waals surface area (Å²) in [5.41, 5.74) is -0.520. The predicted molar refractivity (Wildman–Crippen MR) is 106 cm³/mol. The summed E-state index contributed by atoms with van der Waals surface area (Å²) in [4.78, 5) is 7.48. The third kappa shape index (κ3) is 6.54. The summed E-state index contributed by atoms with van der Waals surface area (Å²) in [6.45, 7) is 0.451. The maximum Gasteiger partial charge on any atom is 0.434 e. The second kappa shape index (κ2) is 10.3. The Hall–Kier alpha value is -1.14. The molecule has 1 heterocycles. The van der Waals surface area contributed by atoms with Gasteiger partial charge in [-0.1, -0.05) is 17.7 Å². The van der Waals surface area contributed by atoms with Crippen molar-refractivity contribution in [2.24, 2.45) is 4.99 Å². The molecule has 0 fully saturated rings. The third-order valence-electron chi connectivity index (χ3n) is 3.20. The summed E-state index contributed by atoms with van der Waals surface area (Å²) in [5, 5.41) is 7.40. The van der Waals surface area contributed by atoms with E-state index >= 15 is 0 Å². The molecule has 0 aliphatic heterocycles. The lowest BCUT2D eigenvalue weighted by Crippen LogP contribution is -2.38. The van der Waals surface area contributed by atoms with Crippen LogP contribution in [0.1, 0.15) is 16.3 Å². The van der Waals surface area contributed by atoms with Crippen LogP contribution in [-0.2, 0) is 19.1 Å². The van der Waals surface area contributed by atoms with Gasteiger partial charge in [0.05, 0.1) is 6.54 Å². The maximum atomic E-state index is 13.7. The zero-order chi connectivity index (χ0) is 18.4. The van der Waals surface area contributed by atoms with E-state index in [0.717, 1.165) is 16.7 Å². The quantitative estimate of drug-likeness (QED) is 0.264. The summed E-state index contributed by atoms with van der Waals surface area (Å²) in [6, 6.07) is 4.46. The van der Waals surface area contributed by atoms with Gasteiger partial charge in [-0.2, -0.15) is 13.2 Å². The Kier molecular flexibility index (Phi) is 9.04. The number of benzene rings is 1. The number of nitrogens with one attached hydrogen (secondary N) is 2. The van der Waals surface area contributed by atoms with Crippen molar-refractivity contribution in [2.75, 3.05) is 13.6 Å². The molecule has 0 saturated heterocycles. The molecule has 0 aliphatic rings. The molecule has 0 bridgehead atoms. The van der Waals surface area contributed by atoms with Gasteiger partial charge in [0.2, 0.25) is 0 Å². The lowest BCUT2D eigenvalue weighted by atomic mass is 10.1. The number of guanidine groups is 1. The number of rotatable bonds is 5. The van der Waals surface area contributed by atoms with Crippen LogP contribution in [0.5, 0.6) is 0 Å². The molecule has 1 aromatic carbocycles. The topological polar surface area (TPSA) is 49.3 Å². The second-order valence-corrected chi connectivity index (χ2v) is 6.28. The summed E-state index contributed by atoms with van der Waals surface area (Å²) in [7, 11) is 1.52. The smallest absolute Gasteiger partial charge is 0.356 e. The molecule has 0 amide bonds. The van der Waals surface area contributed by atoms with E-state index in [4.69, 9.17) is 11.6 Å². The number of aliphatic imine (C=N–C) groups is 1. The molecule has 144 valence electrons. The van der Waals surface area contributed by atoms with Crippen LogP contribution in [0.15, 0.2) is 28.6 Å². The molecule has 1 aromatic heterocycles. The number of hydrogen-bond donors (Lipinski definition) is 2. The van der Waals surface area contributed by atoms with Crippen molar-refractivity contribution in [3.63, 3.8) is 0 Å². The Morgan fingerprint density at radius 2 is 2.04 bits per heavy atom. The molecule has 0 unspecified atom stereocenters. The Labute approximate surface area is 174 Å². The summed E-state index contributed by atoms with van der Waals surface area (Å²) < 4.78 is 51.2. The van der Waals surface area contributed by atoms with Crippen molar-refractivity contribution < 1.29 is 17.6 Å². The van der Waals surface area contributed by atoms with Gasteiger partial charge in [-0.15, -0.1) is 35.3 Å². The monoisotopic (exact) mass is 522 g/mol. The number of alkyl halides is 3. The number of hydrogen-bond acceptors (Lipinski definition) is 3. The molecule has 0 saturated carbocycles. The molecule has 0 radical (unpaired) electrons. The van der Waals surface area contributed by atoms with Crippen LogP contribution in [0.3, 0.4) is 0 Å². The fourth-order valence-corrected chi connectivity index (χ4v) is 2.98. The Bertz CT molecular complexity index is 731. The first kappa shape index (κ1) is 22.9. The van der Waals surface area contributed by atoms with Crippen LogP contribution in [0.4, 0.5) is 17.6 Å². The first-order valence-corrected chi connectivity index (χ1v) is 8.46. The van der Waals surface area contributed by atoms with Gasteiger partial charge in [0.15, 0.2) is 11.7 Å². The van der Waals surface area contributed by atoms with Crippen LogP contribution >= 0.6 is 46.9 Å². The average Bonchev–Trinajstić information content (AvgIpc) is 3.02. The van der Waals surface area contributed by atoms with E-state index in [1.54, 1.807) is 6.07 Å². The molecule has 2 N–H and O–H groups in total. The number of thiazole rings is 1. The lowest BCUT2D eigenvalue weighted by Gasteiger charge is -2.12. The normalized spacial score (nSPS) is 11.8. The average molecular weight is 523 g/mol. The van der Waals surface area contributed by atoms with Crippen LogP contribution in [0.25, 0.3) is 0 Å². The summed E-state index contributed by atoms with van der Waals surface area (Å²) in [5.74, 6) is -0.0177. The zero-order valence-corrected chi connectivity index (χ0v) is 17.4. The molecule has 0 aliphatic carbocycles. The van der Waals surface area contributed by atoms with Crippen molar-refractivity contribution >= 4 is 52.9 Å². The Balaban J connectivity index is 0.00000338. The fourth-order valence-electron chi connectivity index (χ4n) is 1.98. The van der Waals surface area contributed by atoms with E-state index < -0.39 is 11.9 Å². The molecule has 2 rings (SSSR count). The molecule has 2 aromatic rings. The highest BCUT2D eigenvalue weighted by Gasteiger charge is 2.33. The molecule has 4 nitrogen and oxygen atoms in total. The Morgan fingerprint density at radius 3 is 2.62 bits per heavy atom. The first-order chi connectivity index (χ1) is 11.8. The Morgan fingerprint density at radius 1 is 1.31 bits per heavy atom. The van der Waals surface area contributed by atoms with Crippen LogP contribution in [-0.4, -0.2) is 24.5 Å². The van der Waals surface area contributed by atoms with Gasteiger partial charge in [-0.3, -0.25) is 4.99 Å². The predicted octanol–water partition coefficient (Wildman–Crippen LogP) is 4.48. The maximum absolute atomic E-state index is 13.7. The summed E-state index contributed by atoms with van der Waals surface area (Å²) in [6.07, 6.45) is -4.12. The fraction of sp³-hybridized carbons (Fsp3) is 0.333. The minimum absolute atomic E-state index is 0. The molecule has 0 spiro atoms. The van der Waals surface area contributed by atoms with Crippen molar-refractivity contribution in [1.82, 2.24) is 15.6 Å². The third-order valence-corrected chi connectivity index (χ3v) is 4.40. The van der Waals surface area contributed by atoms with Gasteiger partial charge < -0.3 is 10.6 Å². The van der Waals surface area contributed by atoms with Gasteiger partial charge in [0.1, 0.15) is 10.8 Å². The van der Waals surface area contributed by atoms with E-state index in [1.165, 1.54) is 19.2 Å². The van der Waals surface area contributed by atoms with Crippen LogP contribution in [0.2, 0.25) is 5.02 Å². The van der Waals surface area contributed by atoms with E-state index in [2.05, 4.69) is 20.6 Å². The standard InChI is InChI=1S/C15H15ClF4N4S.HI/c1-21-14(22-6-5-9-10(16)3-2-4-11(9)17)23-7-13-24-12(8-25-13)15(18,19)20;/h2-4,8H,5-7H2,1H3,(H2,21,22,23);1H. The van der Waals surface area contributed by atoms with Crippen molar-refractivity contribution in [1.29, 1.82) is 0 Å². The van der Waals surface area contributed by atoms with E-state index in [-0.39, 0.29) is 41.3 Å². The molecule has 0 atom stereocenters. The largest absolute Gasteiger partial charge is 0.434 e. The van der Waals surface area contributed by atoms with Crippen LogP contribution in [0, 0.1) is 5.82 Å². The number of nitrogens with zero attached hydrogens (tertiary/aromatic N) is 2. The minimum Gasteiger partial charge on any atom is -0.356 e. The van der Waals surface area contributed by atoms with Gasteiger partial charge in [-0.05, 0) is 18.6 Å². The highest BCUT2D eigenvalue weighted by atomic mass is 127. The van der Waals surface area contributed by atoms with E-state index in [1.807, 2.05) is 0 Å². The SMILES string of the molecule is CN=C(NCCc1c(F)cccc1Cl)NCc1nc(C(F)(F)F)cs1.I. The molecular weight excluding hydrogens is 507 g/mol. The van der Waals surface area contributed by atoms with E-state index in [9.17, 15) is 17.6 Å². The highest BCUT2D eigenvalue weighted by molar-refractivity contribution is 14.0. The number of aromatic nitrogens is 1. The minimum atomic E-state index is -4.45. The summed E-state index contributed by atoms with van der Waals surface area (Å²) >= 11 is 6.86.